The van der Waals surface area contributed by atoms with Gasteiger partial charge in [-0.1, -0.05) is 13.3 Å². The molecule has 26 heavy (non-hydrogen) atoms. The average Bonchev–Trinajstić information content (AvgIpc) is 2.63. The molecule has 0 radical (unpaired) electrons. The first kappa shape index (κ1) is 20.7. The number of guanidine groups is 1. The van der Waals surface area contributed by atoms with Crippen molar-refractivity contribution in [2.45, 2.75) is 64.8 Å². The molecule has 0 aromatic rings. The maximum atomic E-state index is 11.8. The van der Waals surface area contributed by atoms with Crippen LogP contribution in [0.2, 0.25) is 0 Å². The summed E-state index contributed by atoms with van der Waals surface area (Å²) in [4.78, 5) is 32.2. The molecular weight excluding hydrogens is 330 g/mol. The molecule has 0 bridgehead atoms. The van der Waals surface area contributed by atoms with Crippen LogP contribution in [0.25, 0.3) is 0 Å². The molecule has 2 saturated heterocycles. The number of imide groups is 1. The van der Waals surface area contributed by atoms with E-state index in [0.717, 1.165) is 38.4 Å². The van der Waals surface area contributed by atoms with Gasteiger partial charge in [-0.2, -0.15) is 0 Å². The van der Waals surface area contributed by atoms with Crippen LogP contribution in [-0.2, 0) is 9.59 Å². The van der Waals surface area contributed by atoms with Crippen molar-refractivity contribution < 1.29 is 9.59 Å². The van der Waals surface area contributed by atoms with Crippen LogP contribution >= 0.6 is 0 Å². The summed E-state index contributed by atoms with van der Waals surface area (Å²) in [6.07, 6.45) is 6.40. The molecule has 7 heteroatoms. The van der Waals surface area contributed by atoms with Crippen molar-refractivity contribution in [3.8, 4) is 0 Å². The first-order valence-corrected chi connectivity index (χ1v) is 10.2. The highest BCUT2D eigenvalue weighted by molar-refractivity contribution is 5.97. The predicted molar refractivity (Wildman–Crippen MR) is 104 cm³/mol. The van der Waals surface area contributed by atoms with Crippen molar-refractivity contribution in [3.05, 3.63) is 0 Å². The van der Waals surface area contributed by atoms with Gasteiger partial charge < -0.3 is 15.5 Å². The Hall–Kier alpha value is -1.63. The summed E-state index contributed by atoms with van der Waals surface area (Å²) >= 11 is 0. The quantitative estimate of drug-likeness (QED) is 0.386. The number of amides is 2. The third-order valence-corrected chi connectivity index (χ3v) is 5.08. The summed E-state index contributed by atoms with van der Waals surface area (Å²) in [6, 6.07) is 0.434. The van der Waals surface area contributed by atoms with Crippen LogP contribution in [0.5, 0.6) is 0 Å². The van der Waals surface area contributed by atoms with Crippen LogP contribution in [0.3, 0.4) is 0 Å². The minimum absolute atomic E-state index is 0.0612. The largest absolute Gasteiger partial charge is 0.357 e. The second-order valence-corrected chi connectivity index (χ2v) is 7.17. The summed E-state index contributed by atoms with van der Waals surface area (Å²) in [5.41, 5.74) is 0. The number of likely N-dealkylation sites (tertiary alicyclic amines) is 2. The molecule has 0 spiro atoms. The average molecular weight is 366 g/mol. The molecular formula is C19H35N5O2. The molecule has 2 rings (SSSR count). The maximum Gasteiger partial charge on any atom is 0.229 e. The standard InChI is InChI=1S/C19H35N5O2/c1-3-5-12-23-13-9-16(10-14-23)22-19(20-4-2)21-11-15-24-17(25)7-6-8-18(24)26/h16H,3-15H2,1-2H3,(H2,20,21,22). The molecule has 7 nitrogen and oxygen atoms in total. The van der Waals surface area contributed by atoms with Gasteiger partial charge in [0.25, 0.3) is 0 Å². The Morgan fingerprint density at radius 1 is 1.12 bits per heavy atom. The van der Waals surface area contributed by atoms with Gasteiger partial charge in [0.15, 0.2) is 5.96 Å². The third kappa shape index (κ3) is 6.59. The van der Waals surface area contributed by atoms with Gasteiger partial charge in [0.05, 0.1) is 6.54 Å². The number of hydrogen-bond acceptors (Lipinski definition) is 4. The van der Waals surface area contributed by atoms with Crippen molar-refractivity contribution >= 4 is 17.8 Å². The highest BCUT2D eigenvalue weighted by Crippen LogP contribution is 2.12. The van der Waals surface area contributed by atoms with E-state index in [1.165, 1.54) is 24.3 Å². The number of unbranched alkanes of at least 4 members (excludes halogenated alkanes) is 1. The molecule has 2 N–H and O–H groups in total. The minimum atomic E-state index is -0.0612. The molecule has 0 aromatic carbocycles. The number of nitrogens with zero attached hydrogens (tertiary/aromatic N) is 3. The molecule has 0 aliphatic carbocycles. The van der Waals surface area contributed by atoms with E-state index in [2.05, 4.69) is 27.4 Å². The van der Waals surface area contributed by atoms with Crippen LogP contribution in [0.15, 0.2) is 4.99 Å². The van der Waals surface area contributed by atoms with Crippen molar-refractivity contribution in [3.63, 3.8) is 0 Å². The molecule has 0 saturated carbocycles. The lowest BCUT2D eigenvalue weighted by molar-refractivity contribution is -0.147. The molecule has 148 valence electrons. The first-order chi connectivity index (χ1) is 12.6. The lowest BCUT2D eigenvalue weighted by atomic mass is 10.0. The number of hydrogen-bond donors (Lipinski definition) is 2. The van der Waals surface area contributed by atoms with E-state index in [4.69, 9.17) is 0 Å². The molecule has 0 atom stereocenters. The number of rotatable bonds is 8. The lowest BCUT2D eigenvalue weighted by Crippen LogP contribution is -2.49. The Morgan fingerprint density at radius 2 is 1.81 bits per heavy atom. The van der Waals surface area contributed by atoms with Gasteiger partial charge in [-0.15, -0.1) is 0 Å². The van der Waals surface area contributed by atoms with Crippen molar-refractivity contribution in [1.82, 2.24) is 20.4 Å². The normalized spacial score (nSPS) is 20.5. The third-order valence-electron chi connectivity index (χ3n) is 5.08. The second-order valence-electron chi connectivity index (χ2n) is 7.17. The van der Waals surface area contributed by atoms with Crippen LogP contribution in [0.1, 0.15) is 58.8 Å². The van der Waals surface area contributed by atoms with Crippen molar-refractivity contribution in [1.29, 1.82) is 0 Å². The second kappa shape index (κ2) is 11.2. The van der Waals surface area contributed by atoms with E-state index in [-0.39, 0.29) is 11.8 Å². The topological polar surface area (TPSA) is 77.0 Å². The maximum absolute atomic E-state index is 11.8. The fourth-order valence-corrected chi connectivity index (χ4v) is 3.51. The zero-order valence-electron chi connectivity index (χ0n) is 16.4. The highest BCUT2D eigenvalue weighted by Gasteiger charge is 2.25. The fourth-order valence-electron chi connectivity index (χ4n) is 3.51. The summed E-state index contributed by atoms with van der Waals surface area (Å²) in [5, 5.41) is 6.79. The van der Waals surface area contributed by atoms with Crippen LogP contribution in [0.4, 0.5) is 0 Å². The van der Waals surface area contributed by atoms with E-state index in [0.29, 0.717) is 38.4 Å². The van der Waals surface area contributed by atoms with Gasteiger partial charge in [0, 0.05) is 45.1 Å². The SMILES string of the molecule is CCCCN1CCC(NC(=NCCN2C(=O)CCCC2=O)NCC)CC1. The van der Waals surface area contributed by atoms with Gasteiger partial charge in [-0.3, -0.25) is 19.5 Å². The Bertz CT molecular complexity index is 470. The van der Waals surface area contributed by atoms with Gasteiger partial charge in [-0.25, -0.2) is 0 Å². The molecule has 2 fully saturated rings. The highest BCUT2D eigenvalue weighted by atomic mass is 16.2. The number of nitrogens with one attached hydrogen (secondary N) is 2. The predicted octanol–water partition coefficient (Wildman–Crippen LogP) is 1.35. The number of aliphatic imine (C=N–C) groups is 1. The Balaban J connectivity index is 1.77. The Kier molecular flexibility index (Phi) is 8.88. The van der Waals surface area contributed by atoms with E-state index in [1.54, 1.807) is 0 Å². The number of piperidine rings is 2. The van der Waals surface area contributed by atoms with E-state index in [1.807, 2.05) is 6.92 Å². The molecule has 2 aliphatic rings. The van der Waals surface area contributed by atoms with Crippen LogP contribution < -0.4 is 10.6 Å². The van der Waals surface area contributed by atoms with Crippen molar-refractivity contribution in [2.75, 3.05) is 39.3 Å². The van der Waals surface area contributed by atoms with Gasteiger partial charge in [0.1, 0.15) is 0 Å². The lowest BCUT2D eigenvalue weighted by Gasteiger charge is -2.33. The summed E-state index contributed by atoms with van der Waals surface area (Å²) < 4.78 is 0. The summed E-state index contributed by atoms with van der Waals surface area (Å²) in [5.74, 6) is 0.666. The first-order valence-electron chi connectivity index (χ1n) is 10.2. The van der Waals surface area contributed by atoms with E-state index >= 15 is 0 Å². The molecule has 2 amide bonds. The zero-order valence-corrected chi connectivity index (χ0v) is 16.4. The van der Waals surface area contributed by atoms with E-state index < -0.39 is 0 Å². The number of carbonyl (C=O) groups is 2. The molecule has 0 aromatic heterocycles. The molecule has 2 aliphatic heterocycles. The van der Waals surface area contributed by atoms with Gasteiger partial charge in [0.2, 0.25) is 11.8 Å². The van der Waals surface area contributed by atoms with E-state index in [9.17, 15) is 9.59 Å². The Labute approximate surface area is 157 Å². The Morgan fingerprint density at radius 3 is 2.42 bits per heavy atom. The molecule has 2 heterocycles. The zero-order chi connectivity index (χ0) is 18.8. The smallest absolute Gasteiger partial charge is 0.229 e. The molecule has 0 unspecified atom stereocenters. The van der Waals surface area contributed by atoms with Crippen LogP contribution in [0, 0.1) is 0 Å². The number of carbonyl (C=O) groups excluding carboxylic acids is 2. The summed E-state index contributed by atoms with van der Waals surface area (Å²) in [6.45, 7) is 9.37. The summed E-state index contributed by atoms with van der Waals surface area (Å²) in [7, 11) is 0. The fraction of sp³-hybridized carbons (Fsp3) is 0.842. The monoisotopic (exact) mass is 365 g/mol. The van der Waals surface area contributed by atoms with Gasteiger partial charge in [-0.05, 0) is 39.2 Å². The van der Waals surface area contributed by atoms with Crippen molar-refractivity contribution in [2.24, 2.45) is 4.99 Å². The van der Waals surface area contributed by atoms with Crippen LogP contribution in [-0.4, -0.2) is 72.9 Å². The van der Waals surface area contributed by atoms with Gasteiger partial charge >= 0.3 is 0 Å². The minimum Gasteiger partial charge on any atom is -0.357 e.